The van der Waals surface area contributed by atoms with Crippen molar-refractivity contribution in [3.05, 3.63) is 28.2 Å². The van der Waals surface area contributed by atoms with Crippen LogP contribution in [0.4, 0.5) is 5.69 Å². The zero-order valence-electron chi connectivity index (χ0n) is 13.2. The Labute approximate surface area is 152 Å². The molecule has 0 unspecified atom stereocenters. The van der Waals surface area contributed by atoms with E-state index in [1.165, 1.54) is 62.3 Å². The van der Waals surface area contributed by atoms with E-state index in [9.17, 15) is 0 Å². The second-order valence-electron chi connectivity index (χ2n) is 7.00. The first kappa shape index (κ1) is 16.1. The lowest BCUT2D eigenvalue weighted by Crippen LogP contribution is -2.50. The third-order valence-electron chi connectivity index (χ3n) is 5.56. The molecule has 3 aliphatic rings. The second kappa shape index (κ2) is 6.50. The van der Waals surface area contributed by atoms with E-state index < -0.39 is 0 Å². The zero-order valence-corrected chi connectivity index (χ0v) is 15.6. The number of amidine groups is 1. The third kappa shape index (κ3) is 2.89. The predicted molar refractivity (Wildman–Crippen MR) is 101 cm³/mol. The van der Waals surface area contributed by atoms with Gasteiger partial charge < -0.3 is 4.90 Å². The van der Waals surface area contributed by atoms with Crippen LogP contribution in [0.5, 0.6) is 0 Å². The van der Waals surface area contributed by atoms with Crippen molar-refractivity contribution in [1.29, 1.82) is 0 Å². The van der Waals surface area contributed by atoms with E-state index in [-0.39, 0.29) is 0 Å². The summed E-state index contributed by atoms with van der Waals surface area (Å²) in [4.78, 5) is 7.64. The van der Waals surface area contributed by atoms with Crippen LogP contribution < -0.4 is 0 Å². The number of thioether (sulfide) groups is 1. The first-order valence-electron chi connectivity index (χ1n) is 8.64. The van der Waals surface area contributed by atoms with Gasteiger partial charge in [-0.2, -0.15) is 0 Å². The average Bonchev–Trinajstić information content (AvgIpc) is 3.27. The van der Waals surface area contributed by atoms with E-state index in [1.807, 2.05) is 30.0 Å². The molecular formula is C18H22Cl2N2S. The van der Waals surface area contributed by atoms with Crippen LogP contribution in [0.1, 0.15) is 51.4 Å². The summed E-state index contributed by atoms with van der Waals surface area (Å²) in [6, 6.07) is 6.38. The van der Waals surface area contributed by atoms with Gasteiger partial charge in [0, 0.05) is 11.8 Å². The van der Waals surface area contributed by atoms with Gasteiger partial charge in [-0.25, -0.2) is 4.99 Å². The molecule has 1 saturated heterocycles. The van der Waals surface area contributed by atoms with E-state index in [0.717, 1.165) is 5.69 Å². The summed E-state index contributed by atoms with van der Waals surface area (Å²) in [7, 11) is 0. The van der Waals surface area contributed by atoms with Gasteiger partial charge in [-0.05, 0) is 37.8 Å². The van der Waals surface area contributed by atoms with Gasteiger partial charge in [-0.3, -0.25) is 0 Å². The van der Waals surface area contributed by atoms with E-state index in [4.69, 9.17) is 28.2 Å². The van der Waals surface area contributed by atoms with Crippen molar-refractivity contribution in [2.75, 3.05) is 5.75 Å². The van der Waals surface area contributed by atoms with Gasteiger partial charge in [0.1, 0.15) is 0 Å². The SMILES string of the molecule is Clc1cccc(/N=C2/SCC3(CCCC3)N2C2CCCC2)c1Cl. The lowest BCUT2D eigenvalue weighted by atomic mass is 9.95. The molecule has 1 aliphatic heterocycles. The van der Waals surface area contributed by atoms with Gasteiger partial charge in [0.2, 0.25) is 0 Å². The quantitative estimate of drug-likeness (QED) is 0.609. The number of hydrogen-bond donors (Lipinski definition) is 0. The van der Waals surface area contributed by atoms with Crippen LogP contribution in [0.3, 0.4) is 0 Å². The van der Waals surface area contributed by atoms with Gasteiger partial charge in [-0.15, -0.1) is 0 Å². The molecular weight excluding hydrogens is 347 g/mol. The summed E-state index contributed by atoms with van der Waals surface area (Å²) >= 11 is 14.4. The fourth-order valence-corrected chi connectivity index (χ4v) is 6.24. The van der Waals surface area contributed by atoms with E-state index in [1.54, 1.807) is 0 Å². The molecule has 1 aromatic rings. The Morgan fingerprint density at radius 2 is 1.83 bits per heavy atom. The molecule has 0 N–H and O–H groups in total. The molecule has 2 aliphatic carbocycles. The lowest BCUT2D eigenvalue weighted by molar-refractivity contribution is 0.163. The van der Waals surface area contributed by atoms with Crippen molar-refractivity contribution in [2.45, 2.75) is 62.9 Å². The van der Waals surface area contributed by atoms with E-state index in [2.05, 4.69) is 4.90 Å². The van der Waals surface area contributed by atoms with Crippen molar-refractivity contribution < 1.29 is 0 Å². The maximum Gasteiger partial charge on any atom is 0.165 e. The molecule has 23 heavy (non-hydrogen) atoms. The number of hydrogen-bond acceptors (Lipinski definition) is 2. The summed E-state index contributed by atoms with van der Waals surface area (Å²) in [5.74, 6) is 1.18. The van der Waals surface area contributed by atoms with Gasteiger partial charge in [-0.1, -0.05) is 66.7 Å². The fourth-order valence-electron chi connectivity index (χ4n) is 4.43. The second-order valence-corrected chi connectivity index (χ2v) is 8.72. The molecule has 124 valence electrons. The van der Waals surface area contributed by atoms with Crippen LogP contribution >= 0.6 is 35.0 Å². The largest absolute Gasteiger partial charge is 0.342 e. The molecule has 2 saturated carbocycles. The van der Waals surface area contributed by atoms with Gasteiger partial charge in [0.05, 0.1) is 21.3 Å². The smallest absolute Gasteiger partial charge is 0.165 e. The first-order chi connectivity index (χ1) is 11.2. The average molecular weight is 369 g/mol. The van der Waals surface area contributed by atoms with E-state index >= 15 is 0 Å². The minimum atomic E-state index is 0.351. The zero-order chi connectivity index (χ0) is 15.9. The van der Waals surface area contributed by atoms with Crippen LogP contribution in [0.25, 0.3) is 0 Å². The highest BCUT2D eigenvalue weighted by atomic mass is 35.5. The monoisotopic (exact) mass is 368 g/mol. The van der Waals surface area contributed by atoms with Crippen LogP contribution in [0, 0.1) is 0 Å². The summed E-state index contributed by atoms with van der Waals surface area (Å²) in [6.07, 6.45) is 10.7. The number of halogens is 2. The Balaban J connectivity index is 1.71. The highest BCUT2D eigenvalue weighted by Gasteiger charge is 2.49. The third-order valence-corrected chi connectivity index (χ3v) is 7.60. The minimum Gasteiger partial charge on any atom is -0.342 e. The molecule has 1 spiro atoms. The molecule has 3 fully saturated rings. The maximum atomic E-state index is 6.36. The summed E-state index contributed by atoms with van der Waals surface area (Å²) < 4.78 is 0. The molecule has 1 heterocycles. The Morgan fingerprint density at radius 3 is 2.57 bits per heavy atom. The molecule has 0 bridgehead atoms. The van der Waals surface area contributed by atoms with Crippen molar-refractivity contribution >= 4 is 45.8 Å². The number of aliphatic imine (C=N–C) groups is 1. The topological polar surface area (TPSA) is 15.6 Å². The van der Waals surface area contributed by atoms with Crippen molar-refractivity contribution in [2.24, 2.45) is 4.99 Å². The molecule has 0 aromatic heterocycles. The van der Waals surface area contributed by atoms with Crippen LogP contribution in [0.15, 0.2) is 23.2 Å². The molecule has 2 nitrogen and oxygen atoms in total. The van der Waals surface area contributed by atoms with Gasteiger partial charge >= 0.3 is 0 Å². The molecule has 0 atom stereocenters. The van der Waals surface area contributed by atoms with Crippen molar-refractivity contribution in [3.8, 4) is 0 Å². The highest BCUT2D eigenvalue weighted by Crippen LogP contribution is 2.48. The molecule has 4 rings (SSSR count). The Bertz CT molecular complexity index is 619. The maximum absolute atomic E-state index is 6.36. The Morgan fingerprint density at radius 1 is 1.09 bits per heavy atom. The minimum absolute atomic E-state index is 0.351. The summed E-state index contributed by atoms with van der Waals surface area (Å²) in [6.45, 7) is 0. The number of benzene rings is 1. The Hall–Kier alpha value is -0.380. The van der Waals surface area contributed by atoms with Crippen LogP contribution in [0.2, 0.25) is 10.0 Å². The molecule has 5 heteroatoms. The Kier molecular flexibility index (Phi) is 4.55. The molecule has 0 amide bonds. The molecule has 1 aromatic carbocycles. The fraction of sp³-hybridized carbons (Fsp3) is 0.611. The van der Waals surface area contributed by atoms with E-state index in [0.29, 0.717) is 21.6 Å². The summed E-state index contributed by atoms with van der Waals surface area (Å²) in [5, 5.41) is 2.32. The number of rotatable bonds is 2. The standard InChI is InChI=1S/C18H22Cl2N2S/c19-14-8-5-9-15(16(14)20)21-17-22(13-6-1-2-7-13)18(12-23-17)10-3-4-11-18/h5,8-9,13H,1-4,6-7,10-12H2/b21-17+. The highest BCUT2D eigenvalue weighted by molar-refractivity contribution is 8.14. The molecule has 0 radical (unpaired) electrons. The van der Waals surface area contributed by atoms with Crippen molar-refractivity contribution in [3.63, 3.8) is 0 Å². The van der Waals surface area contributed by atoms with Crippen LogP contribution in [-0.4, -0.2) is 27.4 Å². The first-order valence-corrected chi connectivity index (χ1v) is 10.4. The van der Waals surface area contributed by atoms with Crippen molar-refractivity contribution in [1.82, 2.24) is 4.90 Å². The predicted octanol–water partition coefficient (Wildman–Crippen LogP) is 6.29. The van der Waals surface area contributed by atoms with Gasteiger partial charge in [0.25, 0.3) is 0 Å². The lowest BCUT2D eigenvalue weighted by Gasteiger charge is -2.40. The van der Waals surface area contributed by atoms with Gasteiger partial charge in [0.15, 0.2) is 5.17 Å². The summed E-state index contributed by atoms with van der Waals surface area (Å²) in [5.41, 5.74) is 1.16. The number of nitrogens with zero attached hydrogens (tertiary/aromatic N) is 2. The van der Waals surface area contributed by atoms with Crippen LogP contribution in [-0.2, 0) is 0 Å². The normalized spacial score (nSPS) is 26.0.